The number of azo groups is 1. The maximum Gasteiger partial charge on any atom is 0.516 e. The molecule has 0 aliphatic carbocycles. The van der Waals surface area contributed by atoms with Crippen LogP contribution in [-0.4, -0.2) is 71.6 Å². The summed E-state index contributed by atoms with van der Waals surface area (Å²) in [6, 6.07) is 3.97. The summed E-state index contributed by atoms with van der Waals surface area (Å²) >= 11 is 1.76. The lowest BCUT2D eigenvalue weighted by atomic mass is 10.2. The fourth-order valence-electron chi connectivity index (χ4n) is 2.97. The molecule has 0 saturated heterocycles. The standard InChI is InChI=1S/C19H21F3N6O4S2.C6H9N3O2S/c1-5-9-28(10-6-2)13-7-8-14(15(11-13)27-34(30,31)19(20,21)22)23-25-18-26-24-16(33-18)17(29)32-12(3)4;1-3(2)11-5(10)4-8-9-6(7)12-4/h5-8,11-12,27H,1-2,9-10H2,3-4H3;3H,1-2H3,(H2,7,9). The van der Waals surface area contributed by atoms with E-state index >= 15 is 0 Å². The van der Waals surface area contributed by atoms with Gasteiger partial charge in [-0.1, -0.05) is 34.8 Å². The van der Waals surface area contributed by atoms with E-state index in [-0.39, 0.29) is 38.2 Å². The zero-order valence-electron chi connectivity index (χ0n) is 24.9. The summed E-state index contributed by atoms with van der Waals surface area (Å²) in [6.07, 6.45) is 2.59. The number of nitrogens with one attached hydrogen (secondary N) is 1. The molecule has 2 aromatic heterocycles. The second-order valence-corrected chi connectivity index (χ2v) is 12.8. The smallest absolute Gasteiger partial charge is 0.458 e. The number of anilines is 3. The Kier molecular flexibility index (Phi) is 13.7. The Morgan fingerprint density at radius 2 is 1.52 bits per heavy atom. The summed E-state index contributed by atoms with van der Waals surface area (Å²) in [5, 5.41) is 22.1. The van der Waals surface area contributed by atoms with E-state index in [2.05, 4.69) is 43.8 Å². The summed E-state index contributed by atoms with van der Waals surface area (Å²) in [5.41, 5.74) is -0.583. The number of halogens is 3. The van der Waals surface area contributed by atoms with Crippen molar-refractivity contribution in [2.24, 2.45) is 10.2 Å². The van der Waals surface area contributed by atoms with E-state index in [9.17, 15) is 31.2 Å². The molecule has 3 rings (SSSR count). The molecule has 2 heterocycles. The molecule has 0 unspecified atom stereocenters. The first-order valence-corrected chi connectivity index (χ1v) is 16.0. The first-order valence-electron chi connectivity index (χ1n) is 12.9. The number of aromatic nitrogens is 4. The molecule has 0 aliphatic rings. The van der Waals surface area contributed by atoms with Gasteiger partial charge in [0.2, 0.25) is 15.1 Å². The van der Waals surface area contributed by atoms with E-state index in [0.717, 1.165) is 22.7 Å². The van der Waals surface area contributed by atoms with Gasteiger partial charge in [-0.25, -0.2) is 9.59 Å². The molecular formula is C25H30F3N9O6S3. The van der Waals surface area contributed by atoms with Gasteiger partial charge in [-0.2, -0.15) is 21.6 Å². The minimum Gasteiger partial charge on any atom is -0.458 e. The Morgan fingerprint density at radius 1 is 0.978 bits per heavy atom. The number of hydrogen-bond donors (Lipinski definition) is 2. The van der Waals surface area contributed by atoms with Crippen molar-refractivity contribution in [1.82, 2.24) is 20.4 Å². The predicted molar refractivity (Wildman–Crippen MR) is 167 cm³/mol. The second-order valence-electron chi connectivity index (χ2n) is 9.18. The highest BCUT2D eigenvalue weighted by Gasteiger charge is 2.46. The molecule has 3 N–H and O–H groups in total. The molecule has 0 amide bonds. The number of rotatable bonds is 13. The van der Waals surface area contributed by atoms with Crippen molar-refractivity contribution in [3.63, 3.8) is 0 Å². The summed E-state index contributed by atoms with van der Waals surface area (Å²) in [4.78, 5) is 24.6. The SMILES string of the molecule is C=CCN(CC=C)c1ccc(N=Nc2nnc(C(=O)OC(C)C)s2)c(NS(=O)(=O)C(F)(F)F)c1.CC(C)OC(=O)c1nnc(N)s1. The first kappa shape index (κ1) is 37.7. The molecule has 0 bridgehead atoms. The molecule has 0 spiro atoms. The first-order chi connectivity index (χ1) is 21.5. The second kappa shape index (κ2) is 16.7. The van der Waals surface area contributed by atoms with Crippen LogP contribution in [0.1, 0.15) is 47.3 Å². The van der Waals surface area contributed by atoms with Crippen LogP contribution in [0.15, 0.2) is 53.7 Å². The van der Waals surface area contributed by atoms with Gasteiger partial charge < -0.3 is 20.1 Å². The number of nitrogen functional groups attached to an aromatic ring is 1. The molecule has 1 aromatic carbocycles. The Balaban J connectivity index is 0.000000512. The van der Waals surface area contributed by atoms with Gasteiger partial charge in [-0.3, -0.25) is 4.72 Å². The minimum absolute atomic E-state index is 0.0932. The molecule has 250 valence electrons. The average Bonchev–Trinajstić information content (AvgIpc) is 3.60. The van der Waals surface area contributed by atoms with Gasteiger partial charge in [0.15, 0.2) is 0 Å². The van der Waals surface area contributed by atoms with Crippen molar-refractivity contribution in [2.45, 2.75) is 45.4 Å². The third-order valence-electron chi connectivity index (χ3n) is 4.73. The summed E-state index contributed by atoms with van der Waals surface area (Å²) < 4.78 is 73.7. The highest BCUT2D eigenvalue weighted by molar-refractivity contribution is 7.93. The van der Waals surface area contributed by atoms with Crippen LogP contribution in [0.5, 0.6) is 0 Å². The van der Waals surface area contributed by atoms with Crippen LogP contribution in [0.25, 0.3) is 0 Å². The Morgan fingerprint density at radius 3 is 2.00 bits per heavy atom. The minimum atomic E-state index is -5.74. The van der Waals surface area contributed by atoms with Crippen molar-refractivity contribution in [3.05, 3.63) is 53.5 Å². The van der Waals surface area contributed by atoms with Crippen LogP contribution in [0, 0.1) is 0 Å². The van der Waals surface area contributed by atoms with Gasteiger partial charge in [-0.15, -0.1) is 43.8 Å². The Hall–Kier alpha value is -4.50. The van der Waals surface area contributed by atoms with Crippen LogP contribution in [0.2, 0.25) is 0 Å². The monoisotopic (exact) mass is 705 g/mol. The zero-order chi connectivity index (χ0) is 34.7. The number of nitrogens with zero attached hydrogens (tertiary/aromatic N) is 7. The van der Waals surface area contributed by atoms with Gasteiger partial charge in [-0.05, 0) is 45.9 Å². The topological polar surface area (TPSA) is 204 Å². The zero-order valence-corrected chi connectivity index (χ0v) is 27.3. The highest BCUT2D eigenvalue weighted by Crippen LogP contribution is 2.35. The molecule has 0 aliphatic heterocycles. The Labute approximate surface area is 270 Å². The van der Waals surface area contributed by atoms with Crippen LogP contribution in [0.3, 0.4) is 0 Å². The van der Waals surface area contributed by atoms with Gasteiger partial charge in [0, 0.05) is 18.8 Å². The maximum absolute atomic E-state index is 13.0. The molecule has 0 radical (unpaired) electrons. The third kappa shape index (κ3) is 11.5. The van der Waals surface area contributed by atoms with E-state index in [1.54, 1.807) is 44.7 Å². The van der Waals surface area contributed by atoms with E-state index in [4.69, 9.17) is 15.2 Å². The van der Waals surface area contributed by atoms with Gasteiger partial charge >= 0.3 is 27.5 Å². The van der Waals surface area contributed by atoms with E-state index in [0.29, 0.717) is 18.8 Å². The van der Waals surface area contributed by atoms with Crippen molar-refractivity contribution in [1.29, 1.82) is 0 Å². The van der Waals surface area contributed by atoms with Crippen molar-refractivity contribution in [3.8, 4) is 0 Å². The van der Waals surface area contributed by atoms with Gasteiger partial charge in [0.1, 0.15) is 5.69 Å². The largest absolute Gasteiger partial charge is 0.516 e. The summed E-state index contributed by atoms with van der Waals surface area (Å²) in [6.45, 7) is 14.7. The van der Waals surface area contributed by atoms with Crippen LogP contribution in [-0.2, 0) is 19.5 Å². The lowest BCUT2D eigenvalue weighted by molar-refractivity contribution is -0.0429. The van der Waals surface area contributed by atoms with Crippen LogP contribution >= 0.6 is 22.7 Å². The Bertz CT molecular complexity index is 1650. The molecule has 46 heavy (non-hydrogen) atoms. The quantitative estimate of drug-likeness (QED) is 0.126. The number of carbonyl (C=O) groups excluding carboxylic acids is 2. The van der Waals surface area contributed by atoms with Crippen LogP contribution < -0.4 is 15.4 Å². The fourth-order valence-corrected chi connectivity index (χ4v) is 4.58. The van der Waals surface area contributed by atoms with E-state index in [1.165, 1.54) is 22.9 Å². The average molecular weight is 706 g/mol. The molecule has 21 heteroatoms. The number of benzene rings is 1. The molecular weight excluding hydrogens is 676 g/mol. The van der Waals surface area contributed by atoms with Crippen molar-refractivity contribution in [2.75, 3.05) is 28.4 Å². The van der Waals surface area contributed by atoms with E-state index in [1.807, 2.05) is 0 Å². The third-order valence-corrected chi connectivity index (χ3v) is 7.34. The molecule has 0 saturated carbocycles. The number of ether oxygens (including phenoxy) is 2. The fraction of sp³-hybridized carbons (Fsp3) is 0.360. The molecule has 0 atom stereocenters. The number of nitrogens with two attached hydrogens (primary N) is 1. The summed E-state index contributed by atoms with van der Waals surface area (Å²) in [7, 11) is -5.74. The molecule has 3 aromatic rings. The van der Waals surface area contributed by atoms with Crippen LogP contribution in [0.4, 0.5) is 40.5 Å². The number of alkyl halides is 3. The van der Waals surface area contributed by atoms with Crippen molar-refractivity contribution < 1.29 is 40.7 Å². The number of sulfonamides is 1. The maximum atomic E-state index is 13.0. The predicted octanol–water partition coefficient (Wildman–Crippen LogP) is 5.64. The van der Waals surface area contributed by atoms with E-state index < -0.39 is 33.2 Å². The lowest BCUT2D eigenvalue weighted by Crippen LogP contribution is -2.30. The summed E-state index contributed by atoms with van der Waals surface area (Å²) in [5.74, 6) is -1.19. The number of carbonyl (C=O) groups is 2. The highest BCUT2D eigenvalue weighted by atomic mass is 32.2. The number of esters is 2. The molecule has 0 fully saturated rings. The van der Waals surface area contributed by atoms with Gasteiger partial charge in [0.25, 0.3) is 5.13 Å². The van der Waals surface area contributed by atoms with Gasteiger partial charge in [0.05, 0.1) is 17.9 Å². The lowest BCUT2D eigenvalue weighted by Gasteiger charge is -2.23. The van der Waals surface area contributed by atoms with Crippen molar-refractivity contribution >= 4 is 72.0 Å². The molecule has 15 nitrogen and oxygen atoms in total. The number of hydrogen-bond acceptors (Lipinski definition) is 16. The normalized spacial score (nSPS) is 11.6.